The topological polar surface area (TPSA) is 49.4 Å². The fraction of sp³-hybridized carbons (Fsp3) is 0.571. The van der Waals surface area contributed by atoms with Gasteiger partial charge in [-0.05, 0) is 18.4 Å². The van der Waals surface area contributed by atoms with Crippen molar-refractivity contribution in [3.8, 4) is 0 Å². The van der Waals surface area contributed by atoms with Crippen molar-refractivity contribution in [2.45, 2.75) is 50.0 Å². The summed E-state index contributed by atoms with van der Waals surface area (Å²) >= 11 is 0. The minimum absolute atomic E-state index is 0.197. The Morgan fingerprint density at radius 2 is 1.71 bits per heavy atom. The number of halogens is 3. The maximum Gasteiger partial charge on any atom is 0.419 e. The predicted molar refractivity (Wildman–Crippen MR) is 70.8 cm³/mol. The van der Waals surface area contributed by atoms with Crippen molar-refractivity contribution in [1.82, 2.24) is 0 Å². The highest BCUT2D eigenvalue weighted by Gasteiger charge is 2.45. The predicted octanol–water partition coefficient (Wildman–Crippen LogP) is 4.19. The zero-order valence-electron chi connectivity index (χ0n) is 11.4. The van der Waals surface area contributed by atoms with Crippen LogP contribution >= 0.6 is 7.60 Å². The molecule has 118 valence electrons. The standard InChI is InChI=1S/C14H18F3O3P/c15-14(16,17)13(11-7-3-1-4-8-11)20-21(18,19)12-9-5-2-6-10-12/h1,3-4,7-8,12-13H,2,5-6,9-10H2,(H,18,19)/p-1. The van der Waals surface area contributed by atoms with E-state index >= 15 is 0 Å². The number of rotatable bonds is 4. The molecule has 0 heterocycles. The Labute approximate surface area is 121 Å². The van der Waals surface area contributed by atoms with E-state index in [0.29, 0.717) is 25.7 Å². The lowest BCUT2D eigenvalue weighted by molar-refractivity contribution is -0.242. The summed E-state index contributed by atoms with van der Waals surface area (Å²) in [6.45, 7) is 0. The first kappa shape index (κ1) is 16.5. The van der Waals surface area contributed by atoms with Crippen LogP contribution in [0, 0.1) is 0 Å². The van der Waals surface area contributed by atoms with Gasteiger partial charge in [0.1, 0.15) is 7.60 Å². The second-order valence-corrected chi connectivity index (χ2v) is 7.29. The van der Waals surface area contributed by atoms with Gasteiger partial charge in [-0.2, -0.15) is 13.2 Å². The molecule has 0 bridgehead atoms. The van der Waals surface area contributed by atoms with Crippen molar-refractivity contribution in [3.63, 3.8) is 0 Å². The Kier molecular flexibility index (Phi) is 5.12. The van der Waals surface area contributed by atoms with Gasteiger partial charge in [0.05, 0.1) is 0 Å². The monoisotopic (exact) mass is 321 g/mol. The Bertz CT molecular complexity index is 498. The fourth-order valence-electron chi connectivity index (χ4n) is 2.57. The Balaban J connectivity index is 2.21. The van der Waals surface area contributed by atoms with E-state index in [1.54, 1.807) is 6.07 Å². The number of benzene rings is 1. The summed E-state index contributed by atoms with van der Waals surface area (Å²) < 4.78 is 56.1. The van der Waals surface area contributed by atoms with E-state index in [9.17, 15) is 22.6 Å². The quantitative estimate of drug-likeness (QED) is 0.781. The number of hydrogen-bond donors (Lipinski definition) is 0. The number of hydrogen-bond acceptors (Lipinski definition) is 3. The summed E-state index contributed by atoms with van der Waals surface area (Å²) in [4.78, 5) is 12.1. The van der Waals surface area contributed by atoms with Crippen LogP contribution in [0.1, 0.15) is 43.8 Å². The Hall–Kier alpha value is -0.840. The van der Waals surface area contributed by atoms with Gasteiger partial charge in [-0.1, -0.05) is 49.6 Å². The van der Waals surface area contributed by atoms with E-state index in [0.717, 1.165) is 6.42 Å². The van der Waals surface area contributed by atoms with Gasteiger partial charge in [-0.25, -0.2) is 0 Å². The first-order valence-corrected chi connectivity index (χ1v) is 8.52. The minimum Gasteiger partial charge on any atom is -0.778 e. The molecule has 2 unspecified atom stereocenters. The SMILES string of the molecule is O=P([O-])(OC(c1ccccc1)C(F)(F)F)C1CCCCC1. The third kappa shape index (κ3) is 4.31. The van der Waals surface area contributed by atoms with Crippen molar-refractivity contribution in [1.29, 1.82) is 0 Å². The fourth-order valence-corrected chi connectivity index (χ4v) is 4.27. The van der Waals surface area contributed by atoms with Gasteiger partial charge in [0, 0.05) is 5.66 Å². The molecule has 0 saturated heterocycles. The number of alkyl halides is 3. The van der Waals surface area contributed by atoms with Gasteiger partial charge in [0.15, 0.2) is 6.10 Å². The molecule has 1 fully saturated rings. The largest absolute Gasteiger partial charge is 0.778 e. The van der Waals surface area contributed by atoms with Crippen LogP contribution in [0.25, 0.3) is 0 Å². The average molecular weight is 321 g/mol. The zero-order chi connectivity index (χ0) is 15.5. The lowest BCUT2D eigenvalue weighted by Gasteiger charge is -2.37. The summed E-state index contributed by atoms with van der Waals surface area (Å²) in [5.41, 5.74) is -1.00. The van der Waals surface area contributed by atoms with Crippen molar-refractivity contribution in [2.75, 3.05) is 0 Å². The van der Waals surface area contributed by atoms with E-state index < -0.39 is 25.5 Å². The van der Waals surface area contributed by atoms with E-state index in [-0.39, 0.29) is 5.56 Å². The van der Waals surface area contributed by atoms with Gasteiger partial charge < -0.3 is 14.0 Å². The molecule has 1 aliphatic rings. The zero-order valence-corrected chi connectivity index (χ0v) is 12.3. The minimum atomic E-state index is -4.77. The molecule has 1 aliphatic carbocycles. The second-order valence-electron chi connectivity index (χ2n) is 5.27. The molecule has 0 aliphatic heterocycles. The van der Waals surface area contributed by atoms with Crippen LogP contribution in [0.15, 0.2) is 30.3 Å². The van der Waals surface area contributed by atoms with Crippen LogP contribution < -0.4 is 4.89 Å². The third-order valence-corrected chi connectivity index (χ3v) is 5.59. The molecule has 0 aromatic heterocycles. The third-order valence-electron chi connectivity index (χ3n) is 3.67. The average Bonchev–Trinajstić information content (AvgIpc) is 2.46. The van der Waals surface area contributed by atoms with Crippen molar-refractivity contribution < 1.29 is 27.2 Å². The van der Waals surface area contributed by atoms with Crippen LogP contribution in [-0.4, -0.2) is 11.8 Å². The van der Waals surface area contributed by atoms with Gasteiger partial charge in [0.2, 0.25) is 0 Å². The van der Waals surface area contributed by atoms with E-state index in [2.05, 4.69) is 4.52 Å². The summed E-state index contributed by atoms with van der Waals surface area (Å²) in [7, 11) is -4.56. The normalized spacial score (nSPS) is 21.7. The Morgan fingerprint density at radius 3 is 2.24 bits per heavy atom. The van der Waals surface area contributed by atoms with E-state index in [4.69, 9.17) is 0 Å². The summed E-state index contributed by atoms with van der Waals surface area (Å²) in [6, 6.07) is 6.86. The maximum atomic E-state index is 13.1. The summed E-state index contributed by atoms with van der Waals surface area (Å²) in [6.07, 6.45) is -4.11. The molecule has 7 heteroatoms. The molecule has 1 aromatic carbocycles. The first-order valence-electron chi connectivity index (χ1n) is 6.91. The Morgan fingerprint density at radius 1 is 1.14 bits per heavy atom. The molecule has 3 nitrogen and oxygen atoms in total. The van der Waals surface area contributed by atoms with Crippen molar-refractivity contribution in [2.24, 2.45) is 0 Å². The molecular weight excluding hydrogens is 304 g/mol. The smallest absolute Gasteiger partial charge is 0.419 e. The maximum absolute atomic E-state index is 13.1. The van der Waals surface area contributed by atoms with Gasteiger partial charge in [-0.3, -0.25) is 0 Å². The van der Waals surface area contributed by atoms with Crippen molar-refractivity contribution in [3.05, 3.63) is 35.9 Å². The van der Waals surface area contributed by atoms with Gasteiger partial charge in [0.25, 0.3) is 0 Å². The highest BCUT2D eigenvalue weighted by atomic mass is 31.2. The molecule has 21 heavy (non-hydrogen) atoms. The van der Waals surface area contributed by atoms with Crippen LogP contribution in [0.4, 0.5) is 13.2 Å². The molecule has 0 N–H and O–H groups in total. The molecule has 0 radical (unpaired) electrons. The lowest BCUT2D eigenvalue weighted by Crippen LogP contribution is -2.29. The van der Waals surface area contributed by atoms with Crippen LogP contribution in [-0.2, 0) is 9.09 Å². The summed E-state index contributed by atoms with van der Waals surface area (Å²) in [5, 5.41) is 0. The summed E-state index contributed by atoms with van der Waals surface area (Å²) in [5.74, 6) is 0. The van der Waals surface area contributed by atoms with Crippen LogP contribution in [0.3, 0.4) is 0 Å². The van der Waals surface area contributed by atoms with E-state index in [1.807, 2.05) is 0 Å². The van der Waals surface area contributed by atoms with Crippen LogP contribution in [0.2, 0.25) is 0 Å². The first-order chi connectivity index (χ1) is 9.81. The molecular formula is C14H17F3O3P-. The molecule has 1 saturated carbocycles. The highest BCUT2D eigenvalue weighted by Crippen LogP contribution is 2.55. The lowest BCUT2D eigenvalue weighted by atomic mass is 10.0. The molecule has 2 rings (SSSR count). The molecule has 0 amide bonds. The van der Waals surface area contributed by atoms with Gasteiger partial charge >= 0.3 is 6.18 Å². The molecule has 2 atom stereocenters. The van der Waals surface area contributed by atoms with E-state index in [1.165, 1.54) is 24.3 Å². The molecule has 0 spiro atoms. The molecule has 1 aromatic rings. The van der Waals surface area contributed by atoms with Crippen molar-refractivity contribution >= 4 is 7.60 Å². The van der Waals surface area contributed by atoms with Crippen LogP contribution in [0.5, 0.6) is 0 Å². The second kappa shape index (κ2) is 6.51. The van der Waals surface area contributed by atoms with Gasteiger partial charge in [-0.15, -0.1) is 0 Å². The highest BCUT2D eigenvalue weighted by molar-refractivity contribution is 7.52.